The van der Waals surface area contributed by atoms with E-state index in [1.54, 1.807) is 12.3 Å². The van der Waals surface area contributed by atoms with Crippen molar-refractivity contribution in [2.45, 2.75) is 57.0 Å². The average Bonchev–Trinajstić information content (AvgIpc) is 3.78. The number of anilines is 4. The minimum Gasteiger partial charge on any atom is -0.468 e. The van der Waals surface area contributed by atoms with Gasteiger partial charge in [-0.05, 0) is 109 Å². The van der Waals surface area contributed by atoms with Gasteiger partial charge in [-0.2, -0.15) is 4.98 Å². The molecule has 1 amide bonds. The number of aliphatic hydroxyl groups is 1. The lowest BCUT2D eigenvalue weighted by molar-refractivity contribution is -0.384. The second-order valence-corrected chi connectivity index (χ2v) is 20.6. The monoisotopic (exact) mass is 938 g/mol. The van der Waals surface area contributed by atoms with Gasteiger partial charge >= 0.3 is 0 Å². The molecule has 2 saturated heterocycles. The Kier molecular flexibility index (Phi) is 13.0. The first-order valence-corrected chi connectivity index (χ1v) is 24.4. The van der Waals surface area contributed by atoms with E-state index in [-0.39, 0.29) is 41.6 Å². The molecule has 0 radical (unpaired) electrons. The highest BCUT2D eigenvalue weighted by Crippen LogP contribution is 2.44. The number of aliphatic hydroxyl groups excluding tert-OH is 1. The Morgan fingerprint density at radius 3 is 2.53 bits per heavy atom. The number of nitrogens with zero attached hydrogens (tertiary/aromatic N) is 5. The van der Waals surface area contributed by atoms with Gasteiger partial charge in [-0.1, -0.05) is 43.2 Å². The number of nitro groups is 1. The van der Waals surface area contributed by atoms with E-state index in [0.717, 1.165) is 73.9 Å². The Labute approximate surface area is 389 Å². The lowest BCUT2D eigenvalue weighted by Crippen LogP contribution is -2.47. The number of ether oxygens (including phenoxy) is 2. The number of H-pyrrole nitrogens is 1. The Morgan fingerprint density at radius 1 is 1.02 bits per heavy atom. The minimum atomic E-state index is -4.61. The average molecular weight is 940 g/mol. The van der Waals surface area contributed by atoms with Gasteiger partial charge in [-0.3, -0.25) is 19.8 Å². The number of hydrogen-bond donors (Lipinski definition) is 4. The molecular formula is C48H55ClN8O8S. The summed E-state index contributed by atoms with van der Waals surface area (Å²) in [6.45, 7) is 10.0. The maximum Gasteiger partial charge on any atom is 0.293 e. The Hall–Kier alpha value is -5.72. The molecule has 3 aliphatic heterocycles. The van der Waals surface area contributed by atoms with Crippen LogP contribution in [-0.4, -0.2) is 111 Å². The maximum absolute atomic E-state index is 14.4. The number of halogens is 1. The van der Waals surface area contributed by atoms with Gasteiger partial charge in [0, 0.05) is 80.8 Å². The first kappa shape index (κ1) is 45.4. The van der Waals surface area contributed by atoms with Crippen molar-refractivity contribution in [2.75, 3.05) is 80.8 Å². The number of amides is 1. The van der Waals surface area contributed by atoms with Crippen molar-refractivity contribution < 1.29 is 32.7 Å². The summed E-state index contributed by atoms with van der Waals surface area (Å²) in [5.41, 5.74) is 6.40. The van der Waals surface area contributed by atoms with Crippen molar-refractivity contribution in [3.05, 3.63) is 111 Å². The molecule has 348 valence electrons. The Bertz CT molecular complexity index is 2770. The van der Waals surface area contributed by atoms with Gasteiger partial charge in [0.1, 0.15) is 23.1 Å². The minimum absolute atomic E-state index is 0.0332. The van der Waals surface area contributed by atoms with Crippen LogP contribution >= 0.6 is 11.6 Å². The van der Waals surface area contributed by atoms with Gasteiger partial charge in [0.25, 0.3) is 21.6 Å². The topological polar surface area (TPSA) is 195 Å². The van der Waals surface area contributed by atoms with E-state index in [9.17, 15) is 28.4 Å². The van der Waals surface area contributed by atoms with E-state index in [1.165, 1.54) is 28.8 Å². The van der Waals surface area contributed by atoms with Crippen LogP contribution < -0.4 is 24.6 Å². The van der Waals surface area contributed by atoms with Crippen LogP contribution in [0.25, 0.3) is 16.6 Å². The zero-order chi connectivity index (χ0) is 46.2. The molecule has 5 aromatic rings. The van der Waals surface area contributed by atoms with Crippen LogP contribution in [-0.2, 0) is 14.8 Å². The van der Waals surface area contributed by atoms with E-state index in [4.69, 9.17) is 21.1 Å². The third-order valence-corrected chi connectivity index (χ3v) is 14.9. The van der Waals surface area contributed by atoms with Crippen LogP contribution in [0.4, 0.5) is 28.4 Å². The van der Waals surface area contributed by atoms with Gasteiger partial charge in [0.05, 0.1) is 34.2 Å². The predicted molar refractivity (Wildman–Crippen MR) is 255 cm³/mol. The molecule has 0 bridgehead atoms. The summed E-state index contributed by atoms with van der Waals surface area (Å²) in [4.78, 5) is 39.9. The van der Waals surface area contributed by atoms with Crippen molar-refractivity contribution in [2.24, 2.45) is 11.3 Å². The summed E-state index contributed by atoms with van der Waals surface area (Å²) in [6.07, 6.45) is 5.81. The first-order valence-electron chi connectivity index (χ1n) is 22.5. The quantitative estimate of drug-likeness (QED) is 0.0662. The maximum atomic E-state index is 14.4. The van der Waals surface area contributed by atoms with E-state index in [1.807, 2.05) is 41.3 Å². The zero-order valence-corrected chi connectivity index (χ0v) is 38.7. The second kappa shape index (κ2) is 18.9. The molecule has 4 N–H and O–H groups in total. The molecule has 18 heteroatoms. The van der Waals surface area contributed by atoms with Crippen LogP contribution in [0.2, 0.25) is 5.02 Å². The number of carbonyl (C=O) groups excluding carboxylic acids is 1. The number of pyridine rings is 1. The number of nitrogens with one attached hydrogen (secondary N) is 3. The molecule has 1 atom stereocenters. The van der Waals surface area contributed by atoms with Crippen LogP contribution in [0.5, 0.6) is 5.88 Å². The van der Waals surface area contributed by atoms with E-state index >= 15 is 0 Å². The number of hydrogen-bond acceptors (Lipinski definition) is 13. The normalized spacial score (nSPS) is 19.4. The summed E-state index contributed by atoms with van der Waals surface area (Å²) in [5.74, 6) is -0.436. The van der Waals surface area contributed by atoms with Crippen LogP contribution in [0, 0.1) is 21.4 Å². The highest BCUT2D eigenvalue weighted by atomic mass is 35.5. The summed E-state index contributed by atoms with van der Waals surface area (Å²) in [5, 5.41) is 27.2. The van der Waals surface area contributed by atoms with Crippen molar-refractivity contribution in [3.8, 4) is 5.88 Å². The molecule has 2 fully saturated rings. The zero-order valence-electron chi connectivity index (χ0n) is 37.1. The number of fused-ring (bicyclic) bond motifs is 2. The van der Waals surface area contributed by atoms with Crippen LogP contribution in [0.15, 0.2) is 89.5 Å². The molecule has 1 aliphatic carbocycles. The number of nitro benzene ring substituents is 1. The number of sulfonamides is 1. The van der Waals surface area contributed by atoms with Crippen molar-refractivity contribution >= 4 is 72.6 Å². The molecule has 0 spiro atoms. The smallest absolute Gasteiger partial charge is 0.293 e. The number of rotatable bonds is 13. The molecule has 3 aromatic carbocycles. The third kappa shape index (κ3) is 9.86. The molecule has 5 heterocycles. The molecule has 9 rings (SSSR count). The second-order valence-electron chi connectivity index (χ2n) is 18.5. The summed E-state index contributed by atoms with van der Waals surface area (Å²) in [6, 6.07) is 20.8. The third-order valence-electron chi connectivity index (χ3n) is 13.3. The molecule has 4 aliphatic rings. The molecule has 0 saturated carbocycles. The van der Waals surface area contributed by atoms with Gasteiger partial charge in [0.15, 0.2) is 0 Å². The van der Waals surface area contributed by atoms with Gasteiger partial charge in [0.2, 0.25) is 5.88 Å². The predicted octanol–water partition coefficient (Wildman–Crippen LogP) is 7.76. The lowest BCUT2D eigenvalue weighted by atomic mass is 9.72. The lowest BCUT2D eigenvalue weighted by Gasteiger charge is -2.40. The highest BCUT2D eigenvalue weighted by Gasteiger charge is 2.34. The largest absolute Gasteiger partial charge is 0.468 e. The molecule has 16 nitrogen and oxygen atoms in total. The van der Waals surface area contributed by atoms with Crippen molar-refractivity contribution in [3.63, 3.8) is 0 Å². The van der Waals surface area contributed by atoms with E-state index in [2.05, 4.69) is 55.8 Å². The molecule has 1 unspecified atom stereocenters. The number of benzene rings is 3. The Balaban J connectivity index is 0.996. The van der Waals surface area contributed by atoms with Crippen molar-refractivity contribution in [1.29, 1.82) is 0 Å². The van der Waals surface area contributed by atoms with Crippen LogP contribution in [0.3, 0.4) is 0 Å². The van der Waals surface area contributed by atoms with Crippen LogP contribution in [0.1, 0.15) is 61.9 Å². The fourth-order valence-corrected chi connectivity index (χ4v) is 10.6. The number of carbonyl (C=O) groups is 1. The summed E-state index contributed by atoms with van der Waals surface area (Å²) >= 11 is 6.27. The highest BCUT2D eigenvalue weighted by molar-refractivity contribution is 7.90. The fraction of sp³-hybridized carbons (Fsp3) is 0.417. The standard InChI is InChI=1S/C48H55ClN8O8S/c1-48(2)15-11-34(40(26-48)32-3-5-35(49)6-4-32)28-54-17-19-55(20-18-54)36-7-9-39(42(24-36)56-29-37(30-58)65-47-44(56)23-33-12-16-50-45(33)52-47)46(59)53-66(62,63)38-8-10-41(43(25-38)57(60)61)51-27-31-13-21-64-22-14-31/h3-10,12,16,23-25,31,37,51,58H,11,13-15,17-22,26-30H2,1-2H3,(H,50,52)(H,53,59). The summed E-state index contributed by atoms with van der Waals surface area (Å²) in [7, 11) is -4.61. The van der Waals surface area contributed by atoms with Gasteiger partial charge in [-0.25, -0.2) is 13.1 Å². The molecular weight excluding hydrogens is 884 g/mol. The molecule has 2 aromatic heterocycles. The van der Waals surface area contributed by atoms with E-state index in [0.29, 0.717) is 49.9 Å². The number of aromatic nitrogens is 2. The number of piperazine rings is 1. The van der Waals surface area contributed by atoms with Gasteiger partial charge < -0.3 is 34.7 Å². The number of aromatic amines is 1. The van der Waals surface area contributed by atoms with E-state index < -0.39 is 37.5 Å². The summed E-state index contributed by atoms with van der Waals surface area (Å²) < 4.78 is 41.6. The van der Waals surface area contributed by atoms with Gasteiger partial charge in [-0.15, -0.1) is 0 Å². The fourth-order valence-electron chi connectivity index (χ4n) is 9.50. The first-order chi connectivity index (χ1) is 31.7. The van der Waals surface area contributed by atoms with Crippen molar-refractivity contribution in [1.82, 2.24) is 19.6 Å². The Morgan fingerprint density at radius 2 is 1.79 bits per heavy atom. The molecule has 66 heavy (non-hydrogen) atoms. The SMILES string of the molecule is CC1(C)CCC(CN2CCN(c3ccc(C(=O)NS(=O)(=O)c4ccc(NCC5CCOCC5)c([N+](=O)[O-])c4)c(N4CC(CO)Oc5nc6[nH]ccc6cc54)c3)CC2)=C(c2ccc(Cl)cc2)C1. The number of allylic oxidation sites excluding steroid dienone is 1.